The molecule has 2 bridgehead atoms. The van der Waals surface area contributed by atoms with Gasteiger partial charge in [0.1, 0.15) is 11.5 Å². The van der Waals surface area contributed by atoms with Crippen molar-refractivity contribution in [1.29, 1.82) is 0 Å². The maximum absolute atomic E-state index is 14.5. The zero-order chi connectivity index (χ0) is 27.6. The van der Waals surface area contributed by atoms with Crippen LogP contribution in [0.5, 0.6) is 0 Å². The molecule has 39 heavy (non-hydrogen) atoms. The maximum Gasteiger partial charge on any atom is 0.264 e. The first kappa shape index (κ1) is 25.9. The molecule has 6 rings (SSSR count). The number of allylic oxidation sites excluding steroid dienone is 2. The highest BCUT2D eigenvalue weighted by Gasteiger charge is 2.65. The number of fused-ring (bicyclic) bond motifs is 4. The van der Waals surface area contributed by atoms with Crippen molar-refractivity contribution in [2.75, 3.05) is 7.11 Å². The summed E-state index contributed by atoms with van der Waals surface area (Å²) in [6.07, 6.45) is 0. The van der Waals surface area contributed by atoms with Crippen LogP contribution in [-0.4, -0.2) is 25.6 Å². The summed E-state index contributed by atoms with van der Waals surface area (Å²) in [5, 5.41) is 0. The second-order valence-electron chi connectivity index (χ2n) is 11.4. The van der Waals surface area contributed by atoms with E-state index in [0.29, 0.717) is 11.5 Å². The lowest BCUT2D eigenvalue weighted by Crippen LogP contribution is -2.37. The predicted molar refractivity (Wildman–Crippen MR) is 151 cm³/mol. The van der Waals surface area contributed by atoms with Crippen molar-refractivity contribution in [3.8, 4) is 0 Å². The normalized spacial score (nSPS) is 30.0. The van der Waals surface area contributed by atoms with Crippen molar-refractivity contribution in [3.63, 3.8) is 0 Å². The van der Waals surface area contributed by atoms with Gasteiger partial charge in [0.05, 0.1) is 29.7 Å². The standard InChI is InChI=1S/C33H35NO4S/c1-19-13-9-11-17-24(19)26-21(3)28-27-22(4)30(25-18-12-10-14-20(25)2)34(31(27)33(38-5)29(26)32(28)35)39(36,37)23-15-7-6-8-16-23/h6-18,21-22,26-30H,1-5H3/t21?,22-,26?,27?,28?,29?,30-/m0/s1. The molecular formula is C33H35NO4S. The summed E-state index contributed by atoms with van der Waals surface area (Å²) in [6.45, 7) is 8.38. The summed E-state index contributed by atoms with van der Waals surface area (Å²) in [7, 11) is -2.37. The molecule has 6 heteroatoms. The number of aryl methyl sites for hydroxylation is 2. The van der Waals surface area contributed by atoms with Gasteiger partial charge in [-0.1, -0.05) is 80.6 Å². The first-order chi connectivity index (χ1) is 18.7. The van der Waals surface area contributed by atoms with E-state index in [-0.39, 0.29) is 40.3 Å². The monoisotopic (exact) mass is 541 g/mol. The number of nitrogens with zero attached hydrogens (tertiary/aromatic N) is 1. The fraction of sp³-hybridized carbons (Fsp3) is 0.364. The molecule has 0 spiro atoms. The molecule has 1 saturated heterocycles. The largest absolute Gasteiger partial charge is 0.498 e. The number of benzene rings is 3. The molecule has 3 aliphatic rings. The minimum absolute atomic E-state index is 0.0376. The van der Waals surface area contributed by atoms with Gasteiger partial charge in [-0.15, -0.1) is 0 Å². The van der Waals surface area contributed by atoms with Gasteiger partial charge in [-0.2, -0.15) is 0 Å². The molecule has 1 heterocycles. The number of rotatable bonds is 5. The molecule has 3 aromatic carbocycles. The van der Waals surface area contributed by atoms with Crippen molar-refractivity contribution in [2.24, 2.45) is 29.6 Å². The van der Waals surface area contributed by atoms with E-state index in [1.54, 1.807) is 35.7 Å². The number of ketones is 1. The molecule has 2 aliphatic carbocycles. The van der Waals surface area contributed by atoms with Crippen LogP contribution in [0.15, 0.2) is 95.2 Å². The highest BCUT2D eigenvalue weighted by Crippen LogP contribution is 2.64. The fourth-order valence-electron chi connectivity index (χ4n) is 7.82. The molecule has 2 fully saturated rings. The van der Waals surface area contributed by atoms with Crippen LogP contribution in [0.25, 0.3) is 0 Å². The molecule has 202 valence electrons. The summed E-state index contributed by atoms with van der Waals surface area (Å²) in [6, 6.07) is 24.4. The molecule has 7 atom stereocenters. The van der Waals surface area contributed by atoms with Gasteiger partial charge in [0, 0.05) is 17.8 Å². The second-order valence-corrected chi connectivity index (χ2v) is 13.2. The van der Waals surface area contributed by atoms with Crippen LogP contribution in [0, 0.1) is 43.4 Å². The number of sulfonamides is 1. The summed E-state index contributed by atoms with van der Waals surface area (Å²) in [4.78, 5) is 14.4. The van der Waals surface area contributed by atoms with E-state index in [1.165, 1.54) is 0 Å². The Morgan fingerprint density at radius 3 is 1.87 bits per heavy atom. The molecule has 1 saturated carbocycles. The Morgan fingerprint density at radius 1 is 0.718 bits per heavy atom. The molecule has 0 amide bonds. The van der Waals surface area contributed by atoms with Crippen molar-refractivity contribution in [1.82, 2.24) is 4.31 Å². The Balaban J connectivity index is 1.63. The Kier molecular flexibility index (Phi) is 6.22. The number of ether oxygens (including phenoxy) is 1. The summed E-state index contributed by atoms with van der Waals surface area (Å²) in [5.74, 6) is -0.534. The smallest absolute Gasteiger partial charge is 0.264 e. The van der Waals surface area contributed by atoms with Gasteiger partial charge in [-0.05, 0) is 60.1 Å². The lowest BCUT2D eigenvalue weighted by atomic mass is 9.72. The van der Waals surface area contributed by atoms with Crippen molar-refractivity contribution in [2.45, 2.75) is 44.6 Å². The predicted octanol–water partition coefficient (Wildman–Crippen LogP) is 6.41. The molecule has 0 radical (unpaired) electrons. The van der Waals surface area contributed by atoms with Crippen LogP contribution in [0.1, 0.15) is 48.1 Å². The van der Waals surface area contributed by atoms with Crippen molar-refractivity contribution >= 4 is 15.8 Å². The first-order valence-corrected chi connectivity index (χ1v) is 15.2. The van der Waals surface area contributed by atoms with Gasteiger partial charge >= 0.3 is 0 Å². The zero-order valence-electron chi connectivity index (χ0n) is 23.0. The van der Waals surface area contributed by atoms with Gasteiger partial charge in [-0.3, -0.25) is 9.10 Å². The highest BCUT2D eigenvalue weighted by molar-refractivity contribution is 7.89. The summed E-state index contributed by atoms with van der Waals surface area (Å²) in [5.41, 5.74) is 4.94. The van der Waals surface area contributed by atoms with Crippen molar-refractivity contribution < 1.29 is 17.9 Å². The average Bonchev–Trinajstić information content (AvgIpc) is 3.32. The summed E-state index contributed by atoms with van der Waals surface area (Å²) < 4.78 is 36.8. The molecular weight excluding hydrogens is 506 g/mol. The maximum atomic E-state index is 14.5. The SMILES string of the molecule is COC1=C2C(C3C(=O)C1C(c1ccccc1C)C3C)[C@H](C)[C@@H](c1ccccc1C)N2S(=O)(=O)c1ccccc1. The first-order valence-electron chi connectivity index (χ1n) is 13.7. The molecule has 0 aromatic heterocycles. The molecule has 5 nitrogen and oxygen atoms in total. The minimum atomic E-state index is -3.96. The lowest BCUT2D eigenvalue weighted by Gasteiger charge is -2.34. The number of hydrogen-bond acceptors (Lipinski definition) is 4. The molecule has 5 unspecified atom stereocenters. The quantitative estimate of drug-likeness (QED) is 0.375. The minimum Gasteiger partial charge on any atom is -0.498 e. The number of hydrogen-bond donors (Lipinski definition) is 0. The van der Waals surface area contributed by atoms with Crippen LogP contribution >= 0.6 is 0 Å². The third-order valence-corrected chi connectivity index (χ3v) is 11.3. The third kappa shape index (κ3) is 3.64. The van der Waals surface area contributed by atoms with Crippen LogP contribution < -0.4 is 0 Å². The van der Waals surface area contributed by atoms with E-state index < -0.39 is 22.0 Å². The molecule has 3 aromatic rings. The molecule has 1 aliphatic heterocycles. The Labute approximate surface area is 231 Å². The van der Waals surface area contributed by atoms with Crippen LogP contribution in [0.3, 0.4) is 0 Å². The fourth-order valence-corrected chi connectivity index (χ4v) is 9.62. The van der Waals surface area contributed by atoms with E-state index >= 15 is 0 Å². The zero-order valence-corrected chi connectivity index (χ0v) is 23.9. The van der Waals surface area contributed by atoms with E-state index in [9.17, 15) is 13.2 Å². The van der Waals surface area contributed by atoms with Gasteiger partial charge in [-0.25, -0.2) is 8.42 Å². The number of methoxy groups -OCH3 is 1. The van der Waals surface area contributed by atoms with Crippen molar-refractivity contribution in [3.05, 3.63) is 113 Å². The van der Waals surface area contributed by atoms with E-state index in [4.69, 9.17) is 4.74 Å². The van der Waals surface area contributed by atoms with Crippen LogP contribution in [-0.2, 0) is 19.6 Å². The summed E-state index contributed by atoms with van der Waals surface area (Å²) >= 11 is 0. The van der Waals surface area contributed by atoms with Gasteiger partial charge in [0.25, 0.3) is 10.0 Å². The molecule has 0 N–H and O–H groups in total. The van der Waals surface area contributed by atoms with Gasteiger partial charge in [0.2, 0.25) is 0 Å². The Bertz CT molecular complexity index is 1580. The van der Waals surface area contributed by atoms with E-state index in [1.807, 2.05) is 49.4 Å². The third-order valence-electron chi connectivity index (χ3n) is 9.49. The van der Waals surface area contributed by atoms with E-state index in [2.05, 4.69) is 32.9 Å². The lowest BCUT2D eigenvalue weighted by molar-refractivity contribution is -0.126. The Morgan fingerprint density at radius 2 is 1.28 bits per heavy atom. The van der Waals surface area contributed by atoms with Gasteiger partial charge < -0.3 is 4.74 Å². The topological polar surface area (TPSA) is 63.7 Å². The van der Waals surface area contributed by atoms with Crippen LogP contribution in [0.2, 0.25) is 0 Å². The number of carbonyl (C=O) groups is 1. The Hall–Kier alpha value is -3.38. The number of carbonyl (C=O) groups excluding carboxylic acids is 1. The number of Topliss-reactive ketones (excluding diaryl/α,β-unsaturated/α-hetero) is 1. The highest BCUT2D eigenvalue weighted by atomic mass is 32.2. The average molecular weight is 542 g/mol. The second kappa shape index (κ2) is 9.37. The van der Waals surface area contributed by atoms with E-state index in [0.717, 1.165) is 22.3 Å². The van der Waals surface area contributed by atoms with Gasteiger partial charge in [0.15, 0.2) is 0 Å². The van der Waals surface area contributed by atoms with Crippen LogP contribution in [0.4, 0.5) is 0 Å².